The molecule has 0 aromatic rings. The van der Waals surface area contributed by atoms with E-state index in [1.807, 2.05) is 13.0 Å². The summed E-state index contributed by atoms with van der Waals surface area (Å²) in [5, 5.41) is 9.36. The van der Waals surface area contributed by atoms with E-state index < -0.39 is 0 Å². The number of aliphatic hydroxyl groups excluding tert-OH is 1. The molecule has 0 saturated carbocycles. The third-order valence-electron chi connectivity index (χ3n) is 2.38. The van der Waals surface area contributed by atoms with Crippen LogP contribution in [0.3, 0.4) is 0 Å². The highest BCUT2D eigenvalue weighted by molar-refractivity contribution is 5.12. The zero-order valence-electron chi connectivity index (χ0n) is 7.25. The Morgan fingerprint density at radius 1 is 1.55 bits per heavy atom. The molecular weight excluding hydrogens is 136 g/mol. The summed E-state index contributed by atoms with van der Waals surface area (Å²) < 4.78 is 0. The van der Waals surface area contributed by atoms with Gasteiger partial charge in [-0.2, -0.15) is 0 Å². The monoisotopic (exact) mass is 152 g/mol. The van der Waals surface area contributed by atoms with Crippen LogP contribution in [0.4, 0.5) is 0 Å². The van der Waals surface area contributed by atoms with Crippen molar-refractivity contribution in [1.82, 2.24) is 0 Å². The van der Waals surface area contributed by atoms with Gasteiger partial charge in [-0.05, 0) is 25.2 Å². The van der Waals surface area contributed by atoms with Gasteiger partial charge in [0, 0.05) is 0 Å². The van der Waals surface area contributed by atoms with Crippen molar-refractivity contribution in [3.8, 4) is 0 Å². The highest BCUT2D eigenvalue weighted by Crippen LogP contribution is 2.27. The first kappa shape index (κ1) is 8.54. The van der Waals surface area contributed by atoms with Crippen LogP contribution in [-0.4, -0.2) is 11.2 Å². The molecule has 1 aliphatic rings. The Morgan fingerprint density at radius 2 is 2.18 bits per heavy atom. The Labute approximate surface area is 68.4 Å². The predicted molar refractivity (Wildman–Crippen MR) is 47.2 cm³/mol. The van der Waals surface area contributed by atoms with Gasteiger partial charge in [-0.15, -0.1) is 0 Å². The van der Waals surface area contributed by atoms with Crippen molar-refractivity contribution in [1.29, 1.82) is 0 Å². The van der Waals surface area contributed by atoms with E-state index in [0.717, 1.165) is 6.42 Å². The van der Waals surface area contributed by atoms with E-state index in [9.17, 15) is 5.11 Å². The van der Waals surface area contributed by atoms with E-state index in [4.69, 9.17) is 0 Å². The number of rotatable bonds is 1. The van der Waals surface area contributed by atoms with Gasteiger partial charge >= 0.3 is 0 Å². The van der Waals surface area contributed by atoms with Crippen molar-refractivity contribution in [3.05, 3.63) is 24.3 Å². The molecule has 0 spiro atoms. The molecule has 1 rings (SSSR count). The molecule has 0 bridgehead atoms. The molecular formula is C10H16O. The highest BCUT2D eigenvalue weighted by atomic mass is 16.3. The van der Waals surface area contributed by atoms with Crippen LogP contribution in [0.1, 0.15) is 20.3 Å². The van der Waals surface area contributed by atoms with E-state index in [2.05, 4.69) is 19.6 Å². The molecule has 62 valence electrons. The highest BCUT2D eigenvalue weighted by Gasteiger charge is 2.20. The van der Waals surface area contributed by atoms with E-state index >= 15 is 0 Å². The smallest absolute Gasteiger partial charge is 0.0746 e. The molecule has 1 heteroatoms. The predicted octanol–water partition coefficient (Wildman–Crippen LogP) is 2.14. The second kappa shape index (κ2) is 3.22. The lowest BCUT2D eigenvalue weighted by molar-refractivity contribution is 0.143. The van der Waals surface area contributed by atoms with Crippen LogP contribution < -0.4 is 0 Å². The van der Waals surface area contributed by atoms with Crippen LogP contribution in [0, 0.1) is 11.8 Å². The van der Waals surface area contributed by atoms with Gasteiger partial charge in [0.25, 0.3) is 0 Å². The summed E-state index contributed by atoms with van der Waals surface area (Å²) in [7, 11) is 0. The van der Waals surface area contributed by atoms with Crippen LogP contribution in [0.2, 0.25) is 0 Å². The van der Waals surface area contributed by atoms with Crippen molar-refractivity contribution in [2.24, 2.45) is 11.8 Å². The summed E-state index contributed by atoms with van der Waals surface area (Å²) >= 11 is 0. The third kappa shape index (κ3) is 1.93. The molecule has 3 atom stereocenters. The molecule has 1 aliphatic carbocycles. The zero-order chi connectivity index (χ0) is 8.43. The lowest BCUT2D eigenvalue weighted by Crippen LogP contribution is -2.22. The molecule has 0 radical (unpaired) electrons. The van der Waals surface area contributed by atoms with Gasteiger partial charge < -0.3 is 5.11 Å². The molecule has 0 unspecified atom stereocenters. The normalized spacial score (nSPS) is 37.2. The van der Waals surface area contributed by atoms with E-state index in [1.54, 1.807) is 0 Å². The minimum Gasteiger partial charge on any atom is -0.389 e. The maximum Gasteiger partial charge on any atom is 0.0746 e. The van der Waals surface area contributed by atoms with Gasteiger partial charge in [0.05, 0.1) is 6.10 Å². The van der Waals surface area contributed by atoms with Crippen molar-refractivity contribution in [2.75, 3.05) is 0 Å². The van der Waals surface area contributed by atoms with Crippen LogP contribution in [0.5, 0.6) is 0 Å². The fraction of sp³-hybridized carbons (Fsp3) is 0.600. The molecule has 0 heterocycles. The second-order valence-corrected chi connectivity index (χ2v) is 3.54. The van der Waals surface area contributed by atoms with Gasteiger partial charge in [-0.3, -0.25) is 0 Å². The van der Waals surface area contributed by atoms with E-state index in [0.29, 0.717) is 11.8 Å². The molecule has 0 aromatic carbocycles. The molecule has 0 saturated heterocycles. The number of allylic oxidation sites excluding steroid dienone is 2. The Hall–Kier alpha value is -0.560. The lowest BCUT2D eigenvalue weighted by Gasteiger charge is -2.25. The summed E-state index contributed by atoms with van der Waals surface area (Å²) in [5.74, 6) is 0.857. The summed E-state index contributed by atoms with van der Waals surface area (Å²) in [6, 6.07) is 0. The quantitative estimate of drug-likeness (QED) is 0.571. The van der Waals surface area contributed by atoms with Gasteiger partial charge in [-0.25, -0.2) is 0 Å². The van der Waals surface area contributed by atoms with E-state index in [-0.39, 0.29) is 6.10 Å². The maximum absolute atomic E-state index is 9.36. The Kier molecular flexibility index (Phi) is 2.50. The molecule has 0 aromatic heterocycles. The first-order valence-corrected chi connectivity index (χ1v) is 4.13. The second-order valence-electron chi connectivity index (χ2n) is 3.54. The number of hydrogen-bond acceptors (Lipinski definition) is 1. The van der Waals surface area contributed by atoms with Crippen molar-refractivity contribution < 1.29 is 5.11 Å². The van der Waals surface area contributed by atoms with Crippen molar-refractivity contribution in [3.63, 3.8) is 0 Å². The molecule has 0 amide bonds. The van der Waals surface area contributed by atoms with Crippen LogP contribution in [-0.2, 0) is 0 Å². The van der Waals surface area contributed by atoms with Gasteiger partial charge in [0.2, 0.25) is 0 Å². The average molecular weight is 152 g/mol. The molecule has 0 aliphatic heterocycles. The lowest BCUT2D eigenvalue weighted by atomic mass is 9.83. The Morgan fingerprint density at radius 3 is 2.64 bits per heavy atom. The maximum atomic E-state index is 9.36. The first-order valence-electron chi connectivity index (χ1n) is 4.13. The van der Waals surface area contributed by atoms with Crippen molar-refractivity contribution in [2.45, 2.75) is 26.4 Å². The standard InChI is InChI=1S/C10H16O/c1-7(2)9-4-5-10(11)8(3)6-9/h4-5,8-11H,1,6H2,2-3H3/t8-,9-,10-/m0/s1. The fourth-order valence-electron chi connectivity index (χ4n) is 1.42. The third-order valence-corrected chi connectivity index (χ3v) is 2.38. The molecule has 11 heavy (non-hydrogen) atoms. The summed E-state index contributed by atoms with van der Waals surface area (Å²) in [6.45, 7) is 8.02. The summed E-state index contributed by atoms with van der Waals surface area (Å²) in [6.07, 6.45) is 4.73. The molecule has 1 nitrogen and oxygen atoms in total. The zero-order valence-corrected chi connectivity index (χ0v) is 7.25. The number of aliphatic hydroxyl groups is 1. The average Bonchev–Trinajstić information content (AvgIpc) is 1.94. The van der Waals surface area contributed by atoms with E-state index in [1.165, 1.54) is 5.57 Å². The number of hydrogen-bond donors (Lipinski definition) is 1. The molecule has 1 N–H and O–H groups in total. The van der Waals surface area contributed by atoms with Crippen molar-refractivity contribution >= 4 is 0 Å². The fourth-order valence-corrected chi connectivity index (χ4v) is 1.42. The minimum atomic E-state index is -0.245. The minimum absolute atomic E-state index is 0.245. The molecule has 0 fully saturated rings. The summed E-state index contributed by atoms with van der Waals surface area (Å²) in [5.41, 5.74) is 1.19. The topological polar surface area (TPSA) is 20.2 Å². The Balaban J connectivity index is 2.63. The summed E-state index contributed by atoms with van der Waals surface area (Å²) in [4.78, 5) is 0. The Bertz CT molecular complexity index is 181. The largest absolute Gasteiger partial charge is 0.389 e. The van der Waals surface area contributed by atoms with Crippen LogP contribution >= 0.6 is 0 Å². The SMILES string of the molecule is C=C(C)[C@H]1C=C[C@H](O)[C@@H](C)C1. The first-order chi connectivity index (χ1) is 5.11. The van der Waals surface area contributed by atoms with Gasteiger partial charge in [0.1, 0.15) is 0 Å². The van der Waals surface area contributed by atoms with Gasteiger partial charge in [0.15, 0.2) is 0 Å². The van der Waals surface area contributed by atoms with Crippen LogP contribution in [0.15, 0.2) is 24.3 Å². The van der Waals surface area contributed by atoms with Gasteiger partial charge in [-0.1, -0.05) is 31.2 Å². The van der Waals surface area contributed by atoms with Crippen LogP contribution in [0.25, 0.3) is 0 Å².